The van der Waals surface area contributed by atoms with Crippen LogP contribution in [0.1, 0.15) is 23.2 Å². The minimum atomic E-state index is -1.26. The third-order valence-corrected chi connectivity index (χ3v) is 5.64. The van der Waals surface area contributed by atoms with E-state index in [1.165, 1.54) is 11.8 Å². The second-order valence-corrected chi connectivity index (χ2v) is 7.43. The fourth-order valence-corrected chi connectivity index (χ4v) is 3.78. The number of carboxylic acids is 1. The molecule has 3 N–H and O–H groups in total. The number of rotatable bonds is 4. The lowest BCUT2D eigenvalue weighted by molar-refractivity contribution is -0.141. The number of hydrogen-bond acceptors (Lipinski definition) is 4. The molecule has 1 fully saturated rings. The molecule has 7 heteroatoms. The second-order valence-electron chi connectivity index (χ2n) is 5.54. The molecule has 0 amide bonds. The summed E-state index contributed by atoms with van der Waals surface area (Å²) in [6.45, 7) is 0. The topological polar surface area (TPSA) is 61.4 Å². The van der Waals surface area contributed by atoms with Crippen molar-refractivity contribution in [2.24, 2.45) is 0 Å². The summed E-state index contributed by atoms with van der Waals surface area (Å²) >= 11 is 13.2. The van der Waals surface area contributed by atoms with E-state index in [1.54, 1.807) is 30.5 Å². The highest BCUT2D eigenvalue weighted by Gasteiger charge is 2.50. The lowest BCUT2D eigenvalue weighted by Gasteiger charge is -2.23. The Morgan fingerprint density at radius 2 is 1.33 bits per heavy atom. The van der Waals surface area contributed by atoms with Crippen LogP contribution in [0.3, 0.4) is 0 Å². The van der Waals surface area contributed by atoms with Gasteiger partial charge in [0, 0.05) is 10.0 Å². The molecule has 1 aliphatic rings. The molecule has 0 saturated carbocycles. The molecule has 1 aliphatic heterocycles. The molecule has 2 atom stereocenters. The zero-order chi connectivity index (χ0) is 17.3. The van der Waals surface area contributed by atoms with Crippen LogP contribution >= 0.6 is 35.0 Å². The van der Waals surface area contributed by atoms with Gasteiger partial charge in [-0.15, -0.1) is 11.8 Å². The molecule has 126 valence electrons. The third-order valence-electron chi connectivity index (χ3n) is 4.12. The number of carbonyl (C=O) groups is 1. The van der Waals surface area contributed by atoms with Crippen molar-refractivity contribution >= 4 is 40.9 Å². The summed E-state index contributed by atoms with van der Waals surface area (Å²) in [6, 6.07) is 14.4. The standard InChI is InChI=1S/C17H16Cl2N2O2S/c1-24-17(16(22)23)20-14(10-2-6-12(18)7-3-10)15(21-17)11-4-8-13(19)9-5-11/h2-9,14-15,20-21H,1H3,(H,22,23). The molecule has 0 bridgehead atoms. The van der Waals surface area contributed by atoms with Gasteiger partial charge in [0.15, 0.2) is 0 Å². The van der Waals surface area contributed by atoms with Crippen molar-refractivity contribution in [2.75, 3.05) is 6.26 Å². The summed E-state index contributed by atoms with van der Waals surface area (Å²) in [5, 5.41) is 17.4. The number of benzene rings is 2. The van der Waals surface area contributed by atoms with Crippen molar-refractivity contribution in [3.63, 3.8) is 0 Å². The molecular formula is C17H16Cl2N2O2S. The lowest BCUT2D eigenvalue weighted by Crippen LogP contribution is -2.53. The average Bonchev–Trinajstić information content (AvgIpc) is 2.98. The number of aliphatic carboxylic acids is 1. The van der Waals surface area contributed by atoms with Gasteiger partial charge in [0.25, 0.3) is 0 Å². The van der Waals surface area contributed by atoms with Crippen LogP contribution in [0.15, 0.2) is 48.5 Å². The summed E-state index contributed by atoms with van der Waals surface area (Å²) in [4.78, 5) is 10.6. The van der Waals surface area contributed by atoms with E-state index in [1.807, 2.05) is 24.3 Å². The summed E-state index contributed by atoms with van der Waals surface area (Å²) < 4.78 is 0. The van der Waals surface area contributed by atoms with Crippen LogP contribution < -0.4 is 10.6 Å². The van der Waals surface area contributed by atoms with Gasteiger partial charge in [0.1, 0.15) is 0 Å². The van der Waals surface area contributed by atoms with Gasteiger partial charge in [-0.25, -0.2) is 4.79 Å². The van der Waals surface area contributed by atoms with E-state index >= 15 is 0 Å². The van der Waals surface area contributed by atoms with Crippen molar-refractivity contribution in [1.29, 1.82) is 0 Å². The quantitative estimate of drug-likeness (QED) is 0.743. The summed E-state index contributed by atoms with van der Waals surface area (Å²) in [5.74, 6) is -0.953. The van der Waals surface area contributed by atoms with Crippen molar-refractivity contribution in [3.8, 4) is 0 Å². The molecule has 1 saturated heterocycles. The molecule has 0 radical (unpaired) electrons. The van der Waals surface area contributed by atoms with Gasteiger partial charge in [-0.05, 0) is 41.6 Å². The molecule has 2 aromatic carbocycles. The predicted molar refractivity (Wildman–Crippen MR) is 98.5 cm³/mol. The minimum absolute atomic E-state index is 0.216. The second kappa shape index (κ2) is 6.94. The Kier molecular flexibility index (Phi) is 5.08. The Labute approximate surface area is 154 Å². The van der Waals surface area contributed by atoms with Gasteiger partial charge in [0.2, 0.25) is 4.99 Å². The molecule has 0 aliphatic carbocycles. The van der Waals surface area contributed by atoms with Crippen molar-refractivity contribution in [2.45, 2.75) is 17.1 Å². The van der Waals surface area contributed by atoms with E-state index < -0.39 is 11.0 Å². The van der Waals surface area contributed by atoms with E-state index in [0.29, 0.717) is 10.0 Å². The fraction of sp³-hybridized carbons (Fsp3) is 0.235. The molecular weight excluding hydrogens is 367 g/mol. The first-order chi connectivity index (χ1) is 11.4. The largest absolute Gasteiger partial charge is 0.478 e. The fourth-order valence-electron chi connectivity index (χ4n) is 2.87. The van der Waals surface area contributed by atoms with Crippen LogP contribution in [0.5, 0.6) is 0 Å². The van der Waals surface area contributed by atoms with Crippen molar-refractivity contribution in [3.05, 3.63) is 69.7 Å². The first kappa shape index (κ1) is 17.6. The molecule has 0 spiro atoms. The predicted octanol–water partition coefficient (Wildman–Crippen LogP) is 4.07. The number of carboxylic acid groups (broad SMARTS) is 1. The molecule has 3 rings (SSSR count). The van der Waals surface area contributed by atoms with Crippen LogP contribution in [0.2, 0.25) is 10.0 Å². The number of thioether (sulfide) groups is 1. The van der Waals surface area contributed by atoms with E-state index in [-0.39, 0.29) is 12.1 Å². The number of hydrogen-bond donors (Lipinski definition) is 3. The van der Waals surface area contributed by atoms with Gasteiger partial charge < -0.3 is 5.11 Å². The highest BCUT2D eigenvalue weighted by atomic mass is 35.5. The summed E-state index contributed by atoms with van der Waals surface area (Å²) in [7, 11) is 0. The highest BCUT2D eigenvalue weighted by molar-refractivity contribution is 8.00. The zero-order valence-corrected chi connectivity index (χ0v) is 15.1. The maximum absolute atomic E-state index is 11.8. The Morgan fingerprint density at radius 3 is 1.62 bits per heavy atom. The van der Waals surface area contributed by atoms with E-state index in [4.69, 9.17) is 23.2 Å². The zero-order valence-electron chi connectivity index (χ0n) is 12.8. The first-order valence-corrected chi connectivity index (χ1v) is 9.28. The molecule has 2 unspecified atom stereocenters. The van der Waals surface area contributed by atoms with E-state index in [9.17, 15) is 9.90 Å². The Morgan fingerprint density at radius 1 is 0.958 bits per heavy atom. The minimum Gasteiger partial charge on any atom is -0.478 e. The van der Waals surface area contributed by atoms with Gasteiger partial charge in [-0.2, -0.15) is 0 Å². The maximum atomic E-state index is 11.8. The molecule has 4 nitrogen and oxygen atoms in total. The number of halogens is 2. The Hall–Kier alpha value is -1.24. The van der Waals surface area contributed by atoms with E-state index in [2.05, 4.69) is 10.6 Å². The lowest BCUT2D eigenvalue weighted by atomic mass is 9.95. The van der Waals surface area contributed by atoms with Crippen molar-refractivity contribution in [1.82, 2.24) is 10.6 Å². The monoisotopic (exact) mass is 382 g/mol. The summed E-state index contributed by atoms with van der Waals surface area (Å²) in [6.07, 6.45) is 1.76. The highest BCUT2D eigenvalue weighted by Crippen LogP contribution is 2.40. The van der Waals surface area contributed by atoms with Crippen LogP contribution in [0.4, 0.5) is 0 Å². The third kappa shape index (κ3) is 3.27. The van der Waals surface area contributed by atoms with Gasteiger partial charge >= 0.3 is 5.97 Å². The van der Waals surface area contributed by atoms with Crippen LogP contribution in [0, 0.1) is 0 Å². The Bertz CT molecular complexity index is 684. The van der Waals surface area contributed by atoms with Crippen molar-refractivity contribution < 1.29 is 9.90 Å². The average molecular weight is 383 g/mol. The Balaban J connectivity index is 2.03. The van der Waals surface area contributed by atoms with Crippen LogP contribution in [0.25, 0.3) is 0 Å². The smallest absolute Gasteiger partial charge is 0.349 e. The number of nitrogens with one attached hydrogen (secondary N) is 2. The molecule has 0 aromatic heterocycles. The molecule has 1 heterocycles. The van der Waals surface area contributed by atoms with Gasteiger partial charge in [-0.1, -0.05) is 47.5 Å². The molecule has 24 heavy (non-hydrogen) atoms. The van der Waals surface area contributed by atoms with E-state index in [0.717, 1.165) is 11.1 Å². The maximum Gasteiger partial charge on any atom is 0.349 e. The molecule has 2 aromatic rings. The normalized spacial score (nSPS) is 26.5. The van der Waals surface area contributed by atoms with Gasteiger partial charge in [-0.3, -0.25) is 10.6 Å². The van der Waals surface area contributed by atoms with Crippen LogP contribution in [-0.2, 0) is 4.79 Å². The first-order valence-electron chi connectivity index (χ1n) is 7.30. The summed E-state index contributed by atoms with van der Waals surface area (Å²) in [5.41, 5.74) is 1.92. The van der Waals surface area contributed by atoms with Gasteiger partial charge in [0.05, 0.1) is 12.1 Å². The SMILES string of the molecule is CSC1(C(=O)O)NC(c2ccc(Cl)cc2)C(c2ccc(Cl)cc2)N1. The van der Waals surface area contributed by atoms with Crippen LogP contribution in [-0.4, -0.2) is 22.3 Å².